The summed E-state index contributed by atoms with van der Waals surface area (Å²) in [6, 6.07) is 11.0. The summed E-state index contributed by atoms with van der Waals surface area (Å²) in [5, 5.41) is 9.26. The van der Waals surface area contributed by atoms with Crippen molar-refractivity contribution in [1.82, 2.24) is 4.98 Å². The minimum Gasteiger partial charge on any atom is -0.273 e. The molecule has 1 aliphatic carbocycles. The van der Waals surface area contributed by atoms with Gasteiger partial charge in [0.25, 0.3) is 5.92 Å². The smallest absolute Gasteiger partial charge is 0.273 e. The standard InChI is InChI=1S/C27H31F2N3OS/c1-4-5-8-19-9-11-20(12-10-19)15-24(34)32(25(33)26(2)13-6-7-14-26)21-16-22(27(3,28)29)23(17-30)31-18-21/h9-12,16,18H,4-8,13-15H2,1-3H3. The largest absolute Gasteiger partial charge is 0.273 e. The van der Waals surface area contributed by atoms with Gasteiger partial charge in [0.2, 0.25) is 5.91 Å². The lowest BCUT2D eigenvalue weighted by Gasteiger charge is -2.32. The van der Waals surface area contributed by atoms with E-state index in [0.29, 0.717) is 11.4 Å². The first-order valence-electron chi connectivity index (χ1n) is 11.8. The highest BCUT2D eigenvalue weighted by atomic mass is 32.1. The SMILES string of the molecule is CCCCc1ccc(CC(=S)N(C(=O)C2(C)CCCC2)c2cnc(C#N)c(C(C)(F)F)c2)cc1. The van der Waals surface area contributed by atoms with E-state index >= 15 is 0 Å². The van der Waals surface area contributed by atoms with Crippen molar-refractivity contribution in [1.29, 1.82) is 5.26 Å². The Balaban J connectivity index is 1.97. The fourth-order valence-corrected chi connectivity index (χ4v) is 4.83. The van der Waals surface area contributed by atoms with Crippen molar-refractivity contribution in [3.05, 3.63) is 58.9 Å². The predicted molar refractivity (Wildman–Crippen MR) is 134 cm³/mol. The zero-order valence-corrected chi connectivity index (χ0v) is 20.9. The van der Waals surface area contributed by atoms with Crippen LogP contribution in [-0.4, -0.2) is 15.9 Å². The van der Waals surface area contributed by atoms with E-state index in [4.69, 9.17) is 12.2 Å². The van der Waals surface area contributed by atoms with E-state index in [2.05, 4.69) is 24.0 Å². The summed E-state index contributed by atoms with van der Waals surface area (Å²) in [5.74, 6) is -3.48. The Labute approximate surface area is 206 Å². The van der Waals surface area contributed by atoms with E-state index in [1.54, 1.807) is 6.07 Å². The summed E-state index contributed by atoms with van der Waals surface area (Å²) >= 11 is 5.73. The fraction of sp³-hybridized carbons (Fsp3) is 0.481. The highest BCUT2D eigenvalue weighted by molar-refractivity contribution is 7.80. The number of halogens is 2. The molecule has 0 unspecified atom stereocenters. The third kappa shape index (κ3) is 5.85. The van der Waals surface area contributed by atoms with Gasteiger partial charge >= 0.3 is 0 Å². The third-order valence-corrected chi connectivity index (χ3v) is 6.91. The molecule has 1 fully saturated rings. The fourth-order valence-electron chi connectivity index (χ4n) is 4.47. The van der Waals surface area contributed by atoms with Gasteiger partial charge in [-0.25, -0.2) is 13.8 Å². The molecule has 1 saturated carbocycles. The second kappa shape index (κ2) is 10.7. The Bertz CT molecular complexity index is 1080. The van der Waals surface area contributed by atoms with Crippen LogP contribution < -0.4 is 4.90 Å². The normalized spacial score (nSPS) is 15.1. The molecule has 0 spiro atoms. The highest BCUT2D eigenvalue weighted by Gasteiger charge is 2.41. The maximum absolute atomic E-state index is 14.3. The maximum Gasteiger partial charge on any atom is 0.273 e. The summed E-state index contributed by atoms with van der Waals surface area (Å²) in [7, 11) is 0. The van der Waals surface area contributed by atoms with Gasteiger partial charge in [-0.15, -0.1) is 0 Å². The first-order valence-corrected chi connectivity index (χ1v) is 12.2. The first-order chi connectivity index (χ1) is 16.1. The molecule has 34 heavy (non-hydrogen) atoms. The summed E-state index contributed by atoms with van der Waals surface area (Å²) < 4.78 is 28.5. The van der Waals surface area contributed by atoms with Crippen molar-refractivity contribution in [2.45, 2.75) is 78.1 Å². The lowest BCUT2D eigenvalue weighted by Crippen LogP contribution is -2.45. The molecule has 1 aromatic carbocycles. The molecule has 1 aliphatic rings. The number of carbonyl (C=O) groups is 1. The van der Waals surface area contributed by atoms with Gasteiger partial charge in [0.05, 0.1) is 22.4 Å². The lowest BCUT2D eigenvalue weighted by atomic mass is 9.86. The second-order valence-electron chi connectivity index (χ2n) is 9.49. The topological polar surface area (TPSA) is 57.0 Å². The van der Waals surface area contributed by atoms with Gasteiger partial charge in [0, 0.05) is 18.8 Å². The summed E-state index contributed by atoms with van der Waals surface area (Å²) in [6.07, 6.45) is 8.18. The van der Waals surface area contributed by atoms with Crippen LogP contribution in [0, 0.1) is 16.7 Å². The van der Waals surface area contributed by atoms with Crippen molar-refractivity contribution < 1.29 is 13.6 Å². The number of nitriles is 1. The number of rotatable bonds is 8. The van der Waals surface area contributed by atoms with Crippen LogP contribution in [0.25, 0.3) is 0 Å². The molecule has 0 radical (unpaired) electrons. The Morgan fingerprint density at radius 1 is 1.24 bits per heavy atom. The maximum atomic E-state index is 14.3. The van der Waals surface area contributed by atoms with Crippen LogP contribution in [0.3, 0.4) is 0 Å². The van der Waals surface area contributed by atoms with Crippen molar-refractivity contribution in [3.8, 4) is 6.07 Å². The zero-order valence-electron chi connectivity index (χ0n) is 20.0. The predicted octanol–water partition coefficient (Wildman–Crippen LogP) is 6.89. The minimum atomic E-state index is -3.28. The van der Waals surface area contributed by atoms with Crippen LogP contribution in [0.2, 0.25) is 0 Å². The number of hydrogen-bond donors (Lipinski definition) is 0. The van der Waals surface area contributed by atoms with Crippen molar-refractivity contribution in [2.24, 2.45) is 5.41 Å². The molecular formula is C27H31F2N3OS. The Morgan fingerprint density at radius 3 is 2.41 bits per heavy atom. The Hall–Kier alpha value is -2.72. The molecular weight excluding hydrogens is 452 g/mol. The molecule has 2 aromatic rings. The molecule has 180 valence electrons. The number of hydrogen-bond acceptors (Lipinski definition) is 4. The van der Waals surface area contributed by atoms with Gasteiger partial charge in [-0.3, -0.25) is 9.69 Å². The molecule has 1 heterocycles. The average molecular weight is 484 g/mol. The minimum absolute atomic E-state index is 0.179. The van der Waals surface area contributed by atoms with E-state index in [-0.39, 0.29) is 17.3 Å². The van der Waals surface area contributed by atoms with Gasteiger partial charge in [-0.1, -0.05) is 69.6 Å². The van der Waals surface area contributed by atoms with Gasteiger partial charge in [0.1, 0.15) is 11.8 Å². The number of anilines is 1. The number of benzene rings is 1. The molecule has 0 atom stereocenters. The van der Waals surface area contributed by atoms with E-state index in [1.165, 1.54) is 22.7 Å². The lowest BCUT2D eigenvalue weighted by molar-refractivity contribution is -0.126. The summed E-state index contributed by atoms with van der Waals surface area (Å²) in [6.45, 7) is 4.78. The van der Waals surface area contributed by atoms with Crippen LogP contribution in [-0.2, 0) is 23.6 Å². The molecule has 0 bridgehead atoms. The van der Waals surface area contributed by atoms with Crippen LogP contribution in [0.4, 0.5) is 14.5 Å². The molecule has 3 rings (SSSR count). The average Bonchev–Trinajstić information content (AvgIpc) is 3.26. The second-order valence-corrected chi connectivity index (χ2v) is 9.96. The monoisotopic (exact) mass is 483 g/mol. The molecule has 0 saturated heterocycles. The van der Waals surface area contributed by atoms with Crippen LogP contribution in [0.5, 0.6) is 0 Å². The summed E-state index contributed by atoms with van der Waals surface area (Å²) in [4.78, 5) is 19.4. The number of amides is 1. The molecule has 7 heteroatoms. The molecule has 1 amide bonds. The van der Waals surface area contributed by atoms with Crippen molar-refractivity contribution in [2.75, 3.05) is 4.90 Å². The molecule has 0 aliphatic heterocycles. The molecule has 4 nitrogen and oxygen atoms in total. The van der Waals surface area contributed by atoms with E-state index in [1.807, 2.05) is 19.1 Å². The highest BCUT2D eigenvalue weighted by Crippen LogP contribution is 2.41. The van der Waals surface area contributed by atoms with Crippen LogP contribution in [0.15, 0.2) is 36.5 Å². The van der Waals surface area contributed by atoms with Crippen LogP contribution in [0.1, 0.15) is 81.7 Å². The quantitative estimate of drug-likeness (QED) is 0.384. The Morgan fingerprint density at radius 2 is 1.85 bits per heavy atom. The first kappa shape index (κ1) is 25.9. The number of carbonyl (C=O) groups excluding carboxylic acids is 1. The number of unbranched alkanes of at least 4 members (excludes halogenated alkanes) is 1. The number of pyridine rings is 1. The third-order valence-electron chi connectivity index (χ3n) is 6.58. The number of aromatic nitrogens is 1. The summed E-state index contributed by atoms with van der Waals surface area (Å²) in [5.41, 5.74) is 0.889. The van der Waals surface area contributed by atoms with E-state index in [9.17, 15) is 18.8 Å². The number of thiocarbonyl (C=S) groups is 1. The van der Waals surface area contributed by atoms with Crippen molar-refractivity contribution >= 4 is 28.8 Å². The Kier molecular flexibility index (Phi) is 8.14. The van der Waals surface area contributed by atoms with Gasteiger partial charge in [-0.05, 0) is 42.9 Å². The van der Waals surface area contributed by atoms with E-state index < -0.39 is 16.9 Å². The van der Waals surface area contributed by atoms with Gasteiger partial charge in [-0.2, -0.15) is 5.26 Å². The molecule has 0 N–H and O–H groups in total. The van der Waals surface area contributed by atoms with Gasteiger partial charge in [0.15, 0.2) is 0 Å². The number of nitrogens with zero attached hydrogens (tertiary/aromatic N) is 3. The number of alkyl halides is 2. The van der Waals surface area contributed by atoms with Crippen molar-refractivity contribution in [3.63, 3.8) is 0 Å². The van der Waals surface area contributed by atoms with Gasteiger partial charge < -0.3 is 0 Å². The zero-order chi connectivity index (χ0) is 24.9. The molecule has 1 aromatic heterocycles. The number of aryl methyl sites for hydroxylation is 1. The van der Waals surface area contributed by atoms with Crippen LogP contribution >= 0.6 is 12.2 Å². The van der Waals surface area contributed by atoms with E-state index in [0.717, 1.165) is 57.4 Å².